The van der Waals surface area contributed by atoms with E-state index in [-0.39, 0.29) is 0 Å². The number of anilines is 1. The zero-order chi connectivity index (χ0) is 14.6. The third kappa shape index (κ3) is 1.79. The van der Waals surface area contributed by atoms with Crippen molar-refractivity contribution in [1.29, 1.82) is 0 Å². The number of benzene rings is 2. The summed E-state index contributed by atoms with van der Waals surface area (Å²) in [5.41, 5.74) is 8.39. The second-order valence-electron chi connectivity index (χ2n) is 6.13. The van der Waals surface area contributed by atoms with Crippen LogP contribution in [0.25, 0.3) is 11.1 Å². The van der Waals surface area contributed by atoms with Gasteiger partial charge in [-0.05, 0) is 60.2 Å². The molecule has 1 aliphatic carbocycles. The monoisotopic (exact) mass is 276 g/mol. The molecule has 0 bridgehead atoms. The smallest absolute Gasteiger partial charge is 0.102 e. The van der Waals surface area contributed by atoms with E-state index < -0.39 is 0 Å². The first kappa shape index (κ1) is 12.5. The maximum atomic E-state index is 2.38. The summed E-state index contributed by atoms with van der Waals surface area (Å²) in [6.07, 6.45) is 5.76. The average Bonchev–Trinajstić information content (AvgIpc) is 3.00. The molecule has 0 fully saturated rings. The molecular weight excluding hydrogens is 256 g/mol. The van der Waals surface area contributed by atoms with Crippen LogP contribution >= 0.6 is 0 Å². The summed E-state index contributed by atoms with van der Waals surface area (Å²) in [6.45, 7) is 4.46. The summed E-state index contributed by atoms with van der Waals surface area (Å²) < 4.78 is 0. The summed E-state index contributed by atoms with van der Waals surface area (Å²) in [7, 11) is 2.12. The van der Waals surface area contributed by atoms with Gasteiger partial charge in [0.25, 0.3) is 0 Å². The SMILES string of the molecule is Cc1cc2c(cc1N1C=CN(C)C1C)Cc1ccccc1-2. The third-order valence-corrected chi connectivity index (χ3v) is 4.84. The molecular formula is C19H20N2. The number of nitrogens with zero attached hydrogens (tertiary/aromatic N) is 2. The fourth-order valence-electron chi connectivity index (χ4n) is 3.46. The molecule has 1 unspecified atom stereocenters. The Labute approximate surface area is 126 Å². The average molecular weight is 276 g/mol. The topological polar surface area (TPSA) is 6.48 Å². The lowest BCUT2D eigenvalue weighted by Gasteiger charge is -2.29. The maximum absolute atomic E-state index is 2.38. The molecule has 2 aromatic carbocycles. The Balaban J connectivity index is 1.81. The van der Waals surface area contributed by atoms with Gasteiger partial charge in [0.15, 0.2) is 0 Å². The van der Waals surface area contributed by atoms with E-state index in [2.05, 4.69) is 79.5 Å². The van der Waals surface area contributed by atoms with E-state index in [1.807, 2.05) is 0 Å². The van der Waals surface area contributed by atoms with Gasteiger partial charge in [0.05, 0.1) is 0 Å². The highest BCUT2D eigenvalue weighted by molar-refractivity contribution is 5.80. The molecule has 0 radical (unpaired) electrons. The fraction of sp³-hybridized carbons (Fsp3) is 0.263. The lowest BCUT2D eigenvalue weighted by Crippen LogP contribution is -2.33. The highest BCUT2D eigenvalue weighted by Crippen LogP contribution is 2.40. The van der Waals surface area contributed by atoms with Gasteiger partial charge in [-0.1, -0.05) is 24.3 Å². The highest BCUT2D eigenvalue weighted by Gasteiger charge is 2.25. The van der Waals surface area contributed by atoms with Crippen molar-refractivity contribution in [2.45, 2.75) is 26.4 Å². The van der Waals surface area contributed by atoms with E-state index in [0.29, 0.717) is 6.17 Å². The molecule has 0 amide bonds. The highest BCUT2D eigenvalue weighted by atomic mass is 15.4. The van der Waals surface area contributed by atoms with Gasteiger partial charge in [-0.15, -0.1) is 0 Å². The van der Waals surface area contributed by atoms with E-state index in [1.54, 1.807) is 0 Å². The van der Waals surface area contributed by atoms with Crippen LogP contribution in [-0.2, 0) is 6.42 Å². The van der Waals surface area contributed by atoms with Crippen molar-refractivity contribution >= 4 is 5.69 Å². The van der Waals surface area contributed by atoms with Gasteiger partial charge >= 0.3 is 0 Å². The normalized spacial score (nSPS) is 19.1. The van der Waals surface area contributed by atoms with Crippen molar-refractivity contribution < 1.29 is 0 Å². The van der Waals surface area contributed by atoms with E-state index in [1.165, 1.54) is 33.5 Å². The van der Waals surface area contributed by atoms with E-state index in [9.17, 15) is 0 Å². The molecule has 2 aliphatic rings. The Hall–Kier alpha value is -2.22. The maximum Gasteiger partial charge on any atom is 0.102 e. The second kappa shape index (κ2) is 4.39. The molecule has 0 N–H and O–H groups in total. The predicted molar refractivity (Wildman–Crippen MR) is 88.3 cm³/mol. The van der Waals surface area contributed by atoms with Crippen LogP contribution in [0.3, 0.4) is 0 Å². The van der Waals surface area contributed by atoms with Crippen molar-refractivity contribution in [3.63, 3.8) is 0 Å². The quantitative estimate of drug-likeness (QED) is 0.659. The zero-order valence-electron chi connectivity index (χ0n) is 12.8. The lowest BCUT2D eigenvalue weighted by molar-refractivity contribution is 0.383. The minimum atomic E-state index is 0.380. The molecule has 2 nitrogen and oxygen atoms in total. The van der Waals surface area contributed by atoms with E-state index >= 15 is 0 Å². The molecule has 1 atom stereocenters. The third-order valence-electron chi connectivity index (χ3n) is 4.84. The predicted octanol–water partition coefficient (Wildman–Crippen LogP) is 4.14. The molecule has 4 rings (SSSR count). The second-order valence-corrected chi connectivity index (χ2v) is 6.13. The summed E-state index contributed by atoms with van der Waals surface area (Å²) >= 11 is 0. The van der Waals surface area contributed by atoms with E-state index in [0.717, 1.165) is 6.42 Å². The summed E-state index contributed by atoms with van der Waals surface area (Å²) in [4.78, 5) is 4.60. The van der Waals surface area contributed by atoms with Crippen LogP contribution in [0.15, 0.2) is 48.8 Å². The first-order valence-electron chi connectivity index (χ1n) is 7.55. The molecule has 0 aromatic heterocycles. The van der Waals surface area contributed by atoms with Crippen LogP contribution < -0.4 is 4.90 Å². The molecule has 21 heavy (non-hydrogen) atoms. The van der Waals surface area contributed by atoms with Gasteiger partial charge in [0, 0.05) is 25.1 Å². The van der Waals surface area contributed by atoms with Gasteiger partial charge in [-0.3, -0.25) is 0 Å². The standard InChI is InChI=1S/C19H20N2/c1-13-10-18-16(11-15-6-4-5-7-17(15)18)12-19(13)21-9-8-20(3)14(21)2/h4-10,12,14H,11H2,1-3H3. The number of rotatable bonds is 1. The molecule has 0 saturated heterocycles. The van der Waals surface area contributed by atoms with Gasteiger partial charge in [0.2, 0.25) is 0 Å². The Morgan fingerprint density at radius 3 is 2.57 bits per heavy atom. The van der Waals surface area contributed by atoms with Gasteiger partial charge < -0.3 is 9.80 Å². The largest absolute Gasteiger partial charge is 0.359 e. The van der Waals surface area contributed by atoms with Crippen molar-refractivity contribution in [3.05, 3.63) is 65.5 Å². The molecule has 2 heteroatoms. The van der Waals surface area contributed by atoms with Crippen LogP contribution in [0, 0.1) is 6.92 Å². The number of hydrogen-bond acceptors (Lipinski definition) is 2. The van der Waals surface area contributed by atoms with Crippen molar-refractivity contribution in [1.82, 2.24) is 4.90 Å². The summed E-state index contributed by atoms with van der Waals surface area (Å²) in [5, 5.41) is 0. The van der Waals surface area contributed by atoms with Crippen molar-refractivity contribution in [3.8, 4) is 11.1 Å². The van der Waals surface area contributed by atoms with Gasteiger partial charge in [-0.2, -0.15) is 0 Å². The van der Waals surface area contributed by atoms with Crippen LogP contribution in [0.5, 0.6) is 0 Å². The molecule has 2 aromatic rings. The Kier molecular flexibility index (Phi) is 2.61. The van der Waals surface area contributed by atoms with Crippen LogP contribution in [0.1, 0.15) is 23.6 Å². The minimum Gasteiger partial charge on any atom is -0.359 e. The molecule has 1 heterocycles. The van der Waals surface area contributed by atoms with Gasteiger partial charge in [-0.25, -0.2) is 0 Å². The van der Waals surface area contributed by atoms with Crippen LogP contribution in [0.4, 0.5) is 5.69 Å². The van der Waals surface area contributed by atoms with Crippen molar-refractivity contribution in [2.24, 2.45) is 0 Å². The molecule has 0 spiro atoms. The number of hydrogen-bond donors (Lipinski definition) is 0. The summed E-state index contributed by atoms with van der Waals surface area (Å²) in [6, 6.07) is 13.5. The molecule has 106 valence electrons. The number of aryl methyl sites for hydroxylation is 1. The molecule has 0 saturated carbocycles. The Morgan fingerprint density at radius 2 is 1.81 bits per heavy atom. The van der Waals surface area contributed by atoms with Crippen LogP contribution in [-0.4, -0.2) is 18.1 Å². The van der Waals surface area contributed by atoms with Crippen LogP contribution in [0.2, 0.25) is 0 Å². The lowest BCUT2D eigenvalue weighted by atomic mass is 10.0. The first-order valence-corrected chi connectivity index (χ1v) is 7.55. The number of fused-ring (bicyclic) bond motifs is 3. The Morgan fingerprint density at radius 1 is 1.00 bits per heavy atom. The van der Waals surface area contributed by atoms with Gasteiger partial charge in [0.1, 0.15) is 6.17 Å². The first-order chi connectivity index (χ1) is 10.1. The van der Waals surface area contributed by atoms with E-state index in [4.69, 9.17) is 0 Å². The minimum absolute atomic E-state index is 0.380. The fourth-order valence-corrected chi connectivity index (χ4v) is 3.46. The Bertz CT molecular complexity index is 745. The summed E-state index contributed by atoms with van der Waals surface area (Å²) in [5.74, 6) is 0. The molecule has 1 aliphatic heterocycles. The van der Waals surface area contributed by atoms with Crippen molar-refractivity contribution in [2.75, 3.05) is 11.9 Å². The zero-order valence-corrected chi connectivity index (χ0v) is 12.8.